The Balaban J connectivity index is 2.72. The molecular weight excluding hydrogens is 224 g/mol. The van der Waals surface area contributed by atoms with E-state index in [1.54, 1.807) is 13.4 Å². The van der Waals surface area contributed by atoms with E-state index in [2.05, 4.69) is 23.8 Å². The molecule has 0 amide bonds. The van der Waals surface area contributed by atoms with E-state index in [4.69, 9.17) is 4.74 Å². The van der Waals surface area contributed by atoms with E-state index in [1.807, 2.05) is 26.0 Å². The Morgan fingerprint density at radius 3 is 1.78 bits per heavy atom. The number of ether oxygens (including phenoxy) is 1. The lowest BCUT2D eigenvalue weighted by molar-refractivity contribution is 0.414. The van der Waals surface area contributed by atoms with Gasteiger partial charge in [0, 0.05) is 17.0 Å². The first-order valence-corrected chi connectivity index (χ1v) is 5.98. The van der Waals surface area contributed by atoms with Gasteiger partial charge in [0.1, 0.15) is 12.1 Å². The van der Waals surface area contributed by atoms with Crippen molar-refractivity contribution in [2.75, 3.05) is 7.11 Å². The molecule has 0 atom stereocenters. The number of hydrogen-bond acceptors (Lipinski definition) is 3. The monoisotopic (exact) mass is 242 g/mol. The topological polar surface area (TPSA) is 35.0 Å². The van der Waals surface area contributed by atoms with Crippen LogP contribution in [0.15, 0.2) is 18.5 Å². The molecule has 1 aromatic heterocycles. The zero-order valence-corrected chi connectivity index (χ0v) is 11.5. The molecule has 94 valence electrons. The number of aryl methyl sites for hydroxylation is 4. The van der Waals surface area contributed by atoms with Crippen molar-refractivity contribution in [3.8, 4) is 16.9 Å². The SMILES string of the molecule is COc1cc(C)c(-c2c(C)ncnc2C)c(C)c1. The van der Waals surface area contributed by atoms with Gasteiger partial charge in [-0.05, 0) is 56.5 Å². The second-order valence-electron chi connectivity index (χ2n) is 4.56. The maximum absolute atomic E-state index is 5.30. The first kappa shape index (κ1) is 12.6. The zero-order valence-electron chi connectivity index (χ0n) is 11.5. The van der Waals surface area contributed by atoms with Crippen LogP contribution >= 0.6 is 0 Å². The van der Waals surface area contributed by atoms with Crippen molar-refractivity contribution >= 4 is 0 Å². The van der Waals surface area contributed by atoms with Crippen LogP contribution in [0.1, 0.15) is 22.5 Å². The Hall–Kier alpha value is -1.90. The third-order valence-electron chi connectivity index (χ3n) is 3.22. The van der Waals surface area contributed by atoms with Crippen molar-refractivity contribution in [1.29, 1.82) is 0 Å². The van der Waals surface area contributed by atoms with Crippen molar-refractivity contribution < 1.29 is 4.74 Å². The Labute approximate surface area is 108 Å². The summed E-state index contributed by atoms with van der Waals surface area (Å²) < 4.78 is 5.30. The van der Waals surface area contributed by atoms with Crippen LogP contribution in [0.4, 0.5) is 0 Å². The van der Waals surface area contributed by atoms with Crippen molar-refractivity contribution in [2.45, 2.75) is 27.7 Å². The summed E-state index contributed by atoms with van der Waals surface area (Å²) in [7, 11) is 1.69. The van der Waals surface area contributed by atoms with Crippen molar-refractivity contribution in [3.63, 3.8) is 0 Å². The summed E-state index contributed by atoms with van der Waals surface area (Å²) in [6.07, 6.45) is 1.61. The summed E-state index contributed by atoms with van der Waals surface area (Å²) in [5, 5.41) is 0. The predicted octanol–water partition coefficient (Wildman–Crippen LogP) is 3.39. The fourth-order valence-electron chi connectivity index (χ4n) is 2.39. The predicted molar refractivity (Wildman–Crippen MR) is 73.0 cm³/mol. The summed E-state index contributed by atoms with van der Waals surface area (Å²) in [6.45, 7) is 8.23. The lowest BCUT2D eigenvalue weighted by Crippen LogP contribution is -1.99. The molecule has 0 spiro atoms. The maximum atomic E-state index is 5.30. The van der Waals surface area contributed by atoms with Crippen LogP contribution in [0.5, 0.6) is 5.75 Å². The molecule has 0 aliphatic rings. The van der Waals surface area contributed by atoms with E-state index in [0.29, 0.717) is 0 Å². The summed E-state index contributed by atoms with van der Waals surface area (Å²) in [5.41, 5.74) is 6.75. The van der Waals surface area contributed by atoms with Crippen molar-refractivity contribution in [3.05, 3.63) is 41.0 Å². The molecule has 3 heteroatoms. The summed E-state index contributed by atoms with van der Waals surface area (Å²) >= 11 is 0. The summed E-state index contributed by atoms with van der Waals surface area (Å²) in [6, 6.07) is 4.10. The summed E-state index contributed by atoms with van der Waals surface area (Å²) in [4.78, 5) is 8.60. The average molecular weight is 242 g/mol. The number of nitrogens with zero attached hydrogens (tertiary/aromatic N) is 2. The quantitative estimate of drug-likeness (QED) is 0.809. The van der Waals surface area contributed by atoms with Crippen LogP contribution in [0.25, 0.3) is 11.1 Å². The second-order valence-corrected chi connectivity index (χ2v) is 4.56. The Morgan fingerprint density at radius 1 is 0.833 bits per heavy atom. The van der Waals surface area contributed by atoms with Gasteiger partial charge in [0.05, 0.1) is 7.11 Å². The van der Waals surface area contributed by atoms with Crippen LogP contribution < -0.4 is 4.74 Å². The van der Waals surface area contributed by atoms with Gasteiger partial charge in [-0.25, -0.2) is 9.97 Å². The fourth-order valence-corrected chi connectivity index (χ4v) is 2.39. The third kappa shape index (κ3) is 2.08. The maximum Gasteiger partial charge on any atom is 0.119 e. The van der Waals surface area contributed by atoms with Gasteiger partial charge < -0.3 is 4.74 Å². The summed E-state index contributed by atoms with van der Waals surface area (Å²) in [5.74, 6) is 0.890. The first-order chi connectivity index (χ1) is 8.54. The minimum atomic E-state index is 0.890. The highest BCUT2D eigenvalue weighted by Crippen LogP contribution is 2.33. The molecule has 3 nitrogen and oxygen atoms in total. The minimum Gasteiger partial charge on any atom is -0.497 e. The van der Waals surface area contributed by atoms with Crippen molar-refractivity contribution in [2.24, 2.45) is 0 Å². The molecule has 2 rings (SSSR count). The van der Waals surface area contributed by atoms with E-state index >= 15 is 0 Å². The van der Waals surface area contributed by atoms with Gasteiger partial charge in [-0.3, -0.25) is 0 Å². The molecule has 0 bridgehead atoms. The third-order valence-corrected chi connectivity index (χ3v) is 3.22. The first-order valence-electron chi connectivity index (χ1n) is 5.98. The number of hydrogen-bond donors (Lipinski definition) is 0. The van der Waals surface area contributed by atoms with E-state index < -0.39 is 0 Å². The molecule has 1 heterocycles. The molecule has 0 fully saturated rings. The molecule has 1 aromatic carbocycles. The highest BCUT2D eigenvalue weighted by Gasteiger charge is 2.13. The Kier molecular flexibility index (Phi) is 3.32. The fraction of sp³-hybridized carbons (Fsp3) is 0.333. The molecular formula is C15H18N2O. The average Bonchev–Trinajstić information content (AvgIpc) is 2.31. The van der Waals surface area contributed by atoms with E-state index in [1.165, 1.54) is 16.7 Å². The second kappa shape index (κ2) is 4.77. The molecule has 2 aromatic rings. The number of rotatable bonds is 2. The van der Waals surface area contributed by atoms with Crippen LogP contribution in [-0.4, -0.2) is 17.1 Å². The molecule has 0 saturated heterocycles. The van der Waals surface area contributed by atoms with Crippen LogP contribution in [0, 0.1) is 27.7 Å². The minimum absolute atomic E-state index is 0.890. The lowest BCUT2D eigenvalue weighted by Gasteiger charge is -2.15. The highest BCUT2D eigenvalue weighted by atomic mass is 16.5. The van der Waals surface area contributed by atoms with E-state index in [-0.39, 0.29) is 0 Å². The Morgan fingerprint density at radius 2 is 1.33 bits per heavy atom. The van der Waals surface area contributed by atoms with E-state index in [0.717, 1.165) is 22.7 Å². The van der Waals surface area contributed by atoms with Gasteiger partial charge in [0.2, 0.25) is 0 Å². The molecule has 0 unspecified atom stereocenters. The molecule has 0 aliphatic carbocycles. The number of aromatic nitrogens is 2. The standard InChI is InChI=1S/C15H18N2O/c1-9-6-13(18-5)7-10(2)14(9)15-11(3)16-8-17-12(15)4/h6-8H,1-5H3. The van der Waals surface area contributed by atoms with E-state index in [9.17, 15) is 0 Å². The normalized spacial score (nSPS) is 10.5. The molecule has 18 heavy (non-hydrogen) atoms. The van der Waals surface area contributed by atoms with Crippen molar-refractivity contribution in [1.82, 2.24) is 9.97 Å². The smallest absolute Gasteiger partial charge is 0.119 e. The largest absolute Gasteiger partial charge is 0.497 e. The zero-order chi connectivity index (χ0) is 13.3. The lowest BCUT2D eigenvalue weighted by atomic mass is 9.93. The van der Waals surface area contributed by atoms with Gasteiger partial charge >= 0.3 is 0 Å². The number of benzene rings is 1. The van der Waals surface area contributed by atoms with Crippen LogP contribution in [0.3, 0.4) is 0 Å². The van der Waals surface area contributed by atoms with Gasteiger partial charge in [-0.2, -0.15) is 0 Å². The molecule has 0 aliphatic heterocycles. The highest BCUT2D eigenvalue weighted by molar-refractivity contribution is 5.75. The van der Waals surface area contributed by atoms with Gasteiger partial charge in [-0.15, -0.1) is 0 Å². The van der Waals surface area contributed by atoms with Gasteiger partial charge in [-0.1, -0.05) is 0 Å². The van der Waals surface area contributed by atoms with Crippen LogP contribution in [-0.2, 0) is 0 Å². The molecule has 0 radical (unpaired) electrons. The molecule has 0 N–H and O–H groups in total. The van der Waals surface area contributed by atoms with Gasteiger partial charge in [0.25, 0.3) is 0 Å². The molecule has 0 saturated carbocycles. The number of methoxy groups -OCH3 is 1. The van der Waals surface area contributed by atoms with Crippen LogP contribution in [0.2, 0.25) is 0 Å². The Bertz CT molecular complexity index is 548. The van der Waals surface area contributed by atoms with Gasteiger partial charge in [0.15, 0.2) is 0 Å².